The van der Waals surface area contributed by atoms with Gasteiger partial charge in [-0.25, -0.2) is 4.79 Å². The van der Waals surface area contributed by atoms with Crippen LogP contribution >= 0.6 is 27.5 Å². The number of carbonyl (C=O) groups excluding carboxylic acids is 2. The normalized spacial score (nSPS) is 10.1. The van der Waals surface area contributed by atoms with E-state index in [0.717, 1.165) is 5.56 Å². The number of nitrogens with one attached hydrogen (secondary N) is 1. The fourth-order valence-electron chi connectivity index (χ4n) is 1.72. The molecule has 0 aromatic heterocycles. The highest BCUT2D eigenvalue weighted by Gasteiger charge is 2.12. The third-order valence-corrected chi connectivity index (χ3v) is 3.92. The zero-order chi connectivity index (χ0) is 15.9. The van der Waals surface area contributed by atoms with E-state index < -0.39 is 5.97 Å². The molecule has 0 bridgehead atoms. The molecule has 6 heteroatoms. The lowest BCUT2D eigenvalue weighted by Gasteiger charge is -2.08. The van der Waals surface area contributed by atoms with Crippen LogP contribution in [0, 0.1) is 0 Å². The van der Waals surface area contributed by atoms with Gasteiger partial charge in [0.05, 0.1) is 5.56 Å². The lowest BCUT2D eigenvalue weighted by Crippen LogP contribution is -2.28. The summed E-state index contributed by atoms with van der Waals surface area (Å²) in [7, 11) is 0. The molecule has 2 aromatic carbocycles. The van der Waals surface area contributed by atoms with Gasteiger partial charge in [-0.1, -0.05) is 41.9 Å². The van der Waals surface area contributed by atoms with Gasteiger partial charge in [-0.05, 0) is 39.7 Å². The van der Waals surface area contributed by atoms with Crippen LogP contribution in [0.2, 0.25) is 5.02 Å². The number of rotatable bonds is 5. The number of hydrogen-bond acceptors (Lipinski definition) is 3. The number of esters is 1. The van der Waals surface area contributed by atoms with E-state index in [2.05, 4.69) is 21.2 Å². The second-order valence-corrected chi connectivity index (χ2v) is 5.69. The fraction of sp³-hybridized carbons (Fsp3) is 0.125. The van der Waals surface area contributed by atoms with Crippen molar-refractivity contribution < 1.29 is 14.3 Å². The first-order valence-corrected chi connectivity index (χ1v) is 7.67. The molecule has 0 atom stereocenters. The second kappa shape index (κ2) is 7.96. The number of halogens is 2. The van der Waals surface area contributed by atoms with Crippen molar-refractivity contribution in [1.82, 2.24) is 5.32 Å². The van der Waals surface area contributed by atoms with E-state index >= 15 is 0 Å². The number of benzene rings is 2. The lowest BCUT2D eigenvalue weighted by atomic mass is 10.2. The number of ether oxygens (including phenoxy) is 1. The Morgan fingerprint density at radius 2 is 1.77 bits per heavy atom. The molecule has 1 N–H and O–H groups in total. The van der Waals surface area contributed by atoms with Crippen molar-refractivity contribution in [1.29, 1.82) is 0 Å². The van der Waals surface area contributed by atoms with E-state index in [4.69, 9.17) is 16.3 Å². The maximum atomic E-state index is 11.8. The Kier molecular flexibility index (Phi) is 5.98. The van der Waals surface area contributed by atoms with E-state index in [1.54, 1.807) is 30.3 Å². The molecule has 2 rings (SSSR count). The Hall–Kier alpha value is -1.85. The van der Waals surface area contributed by atoms with E-state index in [-0.39, 0.29) is 19.1 Å². The van der Waals surface area contributed by atoms with Crippen molar-refractivity contribution in [2.24, 2.45) is 0 Å². The Balaban J connectivity index is 1.82. The molecule has 0 heterocycles. The van der Waals surface area contributed by atoms with Crippen molar-refractivity contribution >= 4 is 39.4 Å². The average Bonchev–Trinajstić information content (AvgIpc) is 2.52. The molecule has 0 fully saturated rings. The zero-order valence-corrected chi connectivity index (χ0v) is 13.9. The van der Waals surface area contributed by atoms with Crippen molar-refractivity contribution in [3.63, 3.8) is 0 Å². The Morgan fingerprint density at radius 3 is 2.50 bits per heavy atom. The highest BCUT2D eigenvalue weighted by molar-refractivity contribution is 9.10. The maximum Gasteiger partial charge on any atom is 0.339 e. The van der Waals surface area contributed by atoms with Gasteiger partial charge < -0.3 is 10.1 Å². The second-order valence-electron chi connectivity index (χ2n) is 4.42. The number of hydrogen-bond donors (Lipinski definition) is 1. The predicted molar refractivity (Wildman–Crippen MR) is 87.7 cm³/mol. The van der Waals surface area contributed by atoms with Crippen LogP contribution in [0.15, 0.2) is 53.0 Å². The molecular weight excluding hydrogens is 370 g/mol. The van der Waals surface area contributed by atoms with Gasteiger partial charge in [0.15, 0.2) is 6.61 Å². The SMILES string of the molecule is O=C(COC(=O)c1ccccc1Br)NCc1ccccc1Cl. The van der Waals surface area contributed by atoms with Gasteiger partial charge in [-0.2, -0.15) is 0 Å². The first-order chi connectivity index (χ1) is 10.6. The summed E-state index contributed by atoms with van der Waals surface area (Å²) in [5.41, 5.74) is 1.18. The van der Waals surface area contributed by atoms with Crippen molar-refractivity contribution in [3.05, 3.63) is 69.2 Å². The Bertz CT molecular complexity index is 691. The standard InChI is InChI=1S/C16H13BrClNO3/c17-13-7-3-2-6-12(13)16(21)22-10-15(20)19-9-11-5-1-4-8-14(11)18/h1-8H,9-10H2,(H,19,20). The molecule has 0 unspecified atom stereocenters. The summed E-state index contributed by atoms with van der Waals surface area (Å²) in [4.78, 5) is 23.6. The van der Waals surface area contributed by atoms with Crippen LogP contribution in [0.4, 0.5) is 0 Å². The number of carbonyl (C=O) groups is 2. The largest absolute Gasteiger partial charge is 0.452 e. The van der Waals surface area contributed by atoms with Gasteiger partial charge in [0.1, 0.15) is 0 Å². The third kappa shape index (κ3) is 4.58. The van der Waals surface area contributed by atoms with Crippen LogP contribution in [-0.2, 0) is 16.1 Å². The molecule has 0 spiro atoms. The molecule has 0 saturated carbocycles. The van der Waals surface area contributed by atoms with E-state index in [1.165, 1.54) is 0 Å². The van der Waals surface area contributed by atoms with Gasteiger partial charge in [0.2, 0.25) is 0 Å². The van der Waals surface area contributed by atoms with Crippen LogP contribution in [-0.4, -0.2) is 18.5 Å². The molecule has 0 aliphatic rings. The molecule has 0 saturated heterocycles. The molecular formula is C16H13BrClNO3. The topological polar surface area (TPSA) is 55.4 Å². The van der Waals surface area contributed by atoms with Crippen LogP contribution in [0.5, 0.6) is 0 Å². The highest BCUT2D eigenvalue weighted by Crippen LogP contribution is 2.17. The van der Waals surface area contributed by atoms with E-state index in [0.29, 0.717) is 15.1 Å². The first-order valence-electron chi connectivity index (χ1n) is 6.49. The average molecular weight is 383 g/mol. The van der Waals surface area contributed by atoms with Crippen LogP contribution < -0.4 is 5.32 Å². The summed E-state index contributed by atoms with van der Waals surface area (Å²) in [6.45, 7) is -0.0598. The van der Waals surface area contributed by atoms with E-state index in [1.807, 2.05) is 18.2 Å². The van der Waals surface area contributed by atoms with Gasteiger partial charge in [-0.15, -0.1) is 0 Å². The minimum Gasteiger partial charge on any atom is -0.452 e. The van der Waals surface area contributed by atoms with Crippen LogP contribution in [0.3, 0.4) is 0 Å². The highest BCUT2D eigenvalue weighted by atomic mass is 79.9. The molecule has 1 amide bonds. The predicted octanol–water partition coefficient (Wildman–Crippen LogP) is 3.58. The van der Waals surface area contributed by atoms with Gasteiger partial charge >= 0.3 is 5.97 Å². The summed E-state index contributed by atoms with van der Waals surface area (Å²) in [5.74, 6) is -0.944. The number of amides is 1. The van der Waals surface area contributed by atoms with Crippen LogP contribution in [0.1, 0.15) is 15.9 Å². The molecule has 114 valence electrons. The lowest BCUT2D eigenvalue weighted by molar-refractivity contribution is -0.124. The Labute approximate surface area is 141 Å². The summed E-state index contributed by atoms with van der Waals surface area (Å²) in [6, 6.07) is 14.1. The summed E-state index contributed by atoms with van der Waals surface area (Å²) in [6.07, 6.45) is 0. The van der Waals surface area contributed by atoms with Gasteiger partial charge in [-0.3, -0.25) is 4.79 Å². The quantitative estimate of drug-likeness (QED) is 0.804. The maximum absolute atomic E-state index is 11.8. The van der Waals surface area contributed by atoms with Gasteiger partial charge in [0, 0.05) is 16.0 Å². The third-order valence-electron chi connectivity index (χ3n) is 2.86. The summed E-state index contributed by atoms with van der Waals surface area (Å²) < 4.78 is 5.60. The van der Waals surface area contributed by atoms with Crippen molar-refractivity contribution in [2.75, 3.05) is 6.61 Å². The summed E-state index contributed by atoms with van der Waals surface area (Å²) >= 11 is 9.25. The molecule has 4 nitrogen and oxygen atoms in total. The smallest absolute Gasteiger partial charge is 0.339 e. The molecule has 2 aromatic rings. The zero-order valence-electron chi connectivity index (χ0n) is 11.5. The van der Waals surface area contributed by atoms with Crippen molar-refractivity contribution in [3.8, 4) is 0 Å². The Morgan fingerprint density at radius 1 is 1.09 bits per heavy atom. The minimum absolute atomic E-state index is 0.283. The van der Waals surface area contributed by atoms with Crippen LogP contribution in [0.25, 0.3) is 0 Å². The molecule has 0 aliphatic heterocycles. The fourth-order valence-corrected chi connectivity index (χ4v) is 2.37. The monoisotopic (exact) mass is 381 g/mol. The molecule has 0 radical (unpaired) electrons. The molecule has 0 aliphatic carbocycles. The first kappa shape index (κ1) is 16.5. The van der Waals surface area contributed by atoms with Crippen molar-refractivity contribution in [2.45, 2.75) is 6.54 Å². The summed E-state index contributed by atoms with van der Waals surface area (Å²) in [5, 5.41) is 3.23. The van der Waals surface area contributed by atoms with Gasteiger partial charge in [0.25, 0.3) is 5.91 Å². The minimum atomic E-state index is -0.555. The molecule has 22 heavy (non-hydrogen) atoms. The van der Waals surface area contributed by atoms with E-state index in [9.17, 15) is 9.59 Å².